The number of hydrogen-bond donors (Lipinski definition) is 2. The molecule has 94 valence electrons. The predicted molar refractivity (Wildman–Crippen MR) is 60.1 cm³/mol. The molecule has 5 nitrogen and oxygen atoms in total. The number of aliphatic hydroxyl groups is 1. The number of carboxylic acid groups (broad SMARTS) is 1. The molecule has 0 rings (SSSR count). The monoisotopic (exact) mass is 231 g/mol. The number of nitrogens with zero attached hydrogens (tertiary/aromatic N) is 1. The van der Waals surface area contributed by atoms with Crippen LogP contribution in [0.5, 0.6) is 0 Å². The van der Waals surface area contributed by atoms with E-state index < -0.39 is 5.97 Å². The maximum Gasteiger partial charge on any atom is 0.305 e. The first-order chi connectivity index (χ1) is 7.61. The van der Waals surface area contributed by atoms with Crippen LogP contribution in [-0.4, -0.2) is 46.7 Å². The Labute approximate surface area is 96.1 Å². The molecule has 0 spiro atoms. The Kier molecular flexibility index (Phi) is 8.52. The zero-order valence-corrected chi connectivity index (χ0v) is 9.81. The van der Waals surface area contributed by atoms with Crippen LogP contribution in [0, 0.1) is 0 Å². The van der Waals surface area contributed by atoms with Gasteiger partial charge in [-0.2, -0.15) is 0 Å². The van der Waals surface area contributed by atoms with Gasteiger partial charge < -0.3 is 15.1 Å². The summed E-state index contributed by atoms with van der Waals surface area (Å²) in [4.78, 5) is 23.5. The lowest BCUT2D eigenvalue weighted by atomic mass is 10.2. The smallest absolute Gasteiger partial charge is 0.305 e. The molecule has 0 atom stereocenters. The Bertz CT molecular complexity index is 218. The average Bonchev–Trinajstić information content (AvgIpc) is 2.24. The number of carbonyl (C=O) groups excluding carboxylic acids is 1. The second kappa shape index (κ2) is 9.15. The summed E-state index contributed by atoms with van der Waals surface area (Å²) in [5.41, 5.74) is 0. The lowest BCUT2D eigenvalue weighted by Crippen LogP contribution is -2.35. The maximum atomic E-state index is 11.6. The lowest BCUT2D eigenvalue weighted by molar-refractivity contribution is -0.138. The van der Waals surface area contributed by atoms with E-state index in [1.807, 2.05) is 0 Å². The van der Waals surface area contributed by atoms with E-state index >= 15 is 0 Å². The highest BCUT2D eigenvalue weighted by Crippen LogP contribution is 2.03. The van der Waals surface area contributed by atoms with Crippen molar-refractivity contribution in [2.45, 2.75) is 39.0 Å². The summed E-state index contributed by atoms with van der Waals surface area (Å²) in [7, 11) is 0. The standard InChI is InChI=1S/C11H21NO4/c1-2-3-4-5-10(14)12(8-9-13)7-6-11(15)16/h13H,2-9H2,1H3,(H,15,16). The third-order valence-electron chi connectivity index (χ3n) is 2.31. The van der Waals surface area contributed by atoms with Gasteiger partial charge in [0.25, 0.3) is 0 Å². The number of carboxylic acids is 1. The van der Waals surface area contributed by atoms with Gasteiger partial charge in [0, 0.05) is 19.5 Å². The molecule has 0 radical (unpaired) electrons. The third kappa shape index (κ3) is 7.23. The Balaban J connectivity index is 3.97. The van der Waals surface area contributed by atoms with E-state index in [0.29, 0.717) is 6.42 Å². The Morgan fingerprint density at radius 1 is 1.12 bits per heavy atom. The van der Waals surface area contributed by atoms with Crippen molar-refractivity contribution < 1.29 is 19.8 Å². The summed E-state index contributed by atoms with van der Waals surface area (Å²) in [6.45, 7) is 2.33. The van der Waals surface area contributed by atoms with E-state index in [2.05, 4.69) is 6.92 Å². The third-order valence-corrected chi connectivity index (χ3v) is 2.31. The molecule has 2 N–H and O–H groups in total. The zero-order chi connectivity index (χ0) is 12.4. The number of hydrogen-bond acceptors (Lipinski definition) is 3. The van der Waals surface area contributed by atoms with Crippen LogP contribution in [-0.2, 0) is 9.59 Å². The molecular weight excluding hydrogens is 210 g/mol. The molecule has 0 aromatic carbocycles. The first-order valence-corrected chi connectivity index (χ1v) is 5.72. The van der Waals surface area contributed by atoms with Gasteiger partial charge in [0.05, 0.1) is 13.0 Å². The van der Waals surface area contributed by atoms with Crippen molar-refractivity contribution in [3.8, 4) is 0 Å². The Hall–Kier alpha value is -1.10. The minimum atomic E-state index is -0.927. The van der Waals surface area contributed by atoms with Crippen LogP contribution in [0.3, 0.4) is 0 Å². The fourth-order valence-corrected chi connectivity index (χ4v) is 1.40. The van der Waals surface area contributed by atoms with Gasteiger partial charge in [-0.25, -0.2) is 0 Å². The van der Waals surface area contributed by atoms with Crippen molar-refractivity contribution in [3.05, 3.63) is 0 Å². The molecule has 0 saturated carbocycles. The number of rotatable bonds is 9. The molecule has 0 fully saturated rings. The summed E-state index contributed by atoms with van der Waals surface area (Å²) in [6, 6.07) is 0. The topological polar surface area (TPSA) is 77.8 Å². The summed E-state index contributed by atoms with van der Waals surface area (Å²) in [5.74, 6) is -0.993. The van der Waals surface area contributed by atoms with Crippen molar-refractivity contribution in [2.24, 2.45) is 0 Å². The van der Waals surface area contributed by atoms with Crippen LogP contribution in [0.4, 0.5) is 0 Å². The van der Waals surface area contributed by atoms with Gasteiger partial charge in [-0.1, -0.05) is 19.8 Å². The predicted octanol–water partition coefficient (Wildman–Crippen LogP) is 0.862. The first kappa shape index (κ1) is 14.9. The van der Waals surface area contributed by atoms with Gasteiger partial charge in [-0.15, -0.1) is 0 Å². The van der Waals surface area contributed by atoms with E-state index in [0.717, 1.165) is 19.3 Å². The summed E-state index contributed by atoms with van der Waals surface area (Å²) in [5, 5.41) is 17.3. The van der Waals surface area contributed by atoms with Crippen LogP contribution in [0.2, 0.25) is 0 Å². The van der Waals surface area contributed by atoms with Crippen molar-refractivity contribution in [1.82, 2.24) is 4.90 Å². The highest BCUT2D eigenvalue weighted by Gasteiger charge is 2.13. The van der Waals surface area contributed by atoms with E-state index in [-0.39, 0.29) is 32.0 Å². The molecule has 0 aliphatic heterocycles. The van der Waals surface area contributed by atoms with Gasteiger partial charge in [0.2, 0.25) is 5.91 Å². The van der Waals surface area contributed by atoms with Crippen LogP contribution in [0.25, 0.3) is 0 Å². The molecule has 16 heavy (non-hydrogen) atoms. The quantitative estimate of drug-likeness (QED) is 0.577. The molecule has 0 aliphatic carbocycles. The molecule has 0 aliphatic rings. The minimum Gasteiger partial charge on any atom is -0.481 e. The van der Waals surface area contributed by atoms with Crippen molar-refractivity contribution in [2.75, 3.05) is 19.7 Å². The number of unbranched alkanes of at least 4 members (excludes halogenated alkanes) is 2. The van der Waals surface area contributed by atoms with E-state index in [1.54, 1.807) is 0 Å². The lowest BCUT2D eigenvalue weighted by Gasteiger charge is -2.20. The fourth-order valence-electron chi connectivity index (χ4n) is 1.40. The van der Waals surface area contributed by atoms with Gasteiger partial charge in [0.15, 0.2) is 0 Å². The average molecular weight is 231 g/mol. The highest BCUT2D eigenvalue weighted by molar-refractivity contribution is 5.77. The normalized spacial score (nSPS) is 10.1. The maximum absolute atomic E-state index is 11.6. The number of aliphatic hydroxyl groups excluding tert-OH is 1. The Morgan fingerprint density at radius 3 is 2.31 bits per heavy atom. The van der Waals surface area contributed by atoms with Gasteiger partial charge >= 0.3 is 5.97 Å². The molecule has 1 amide bonds. The molecule has 0 heterocycles. The van der Waals surface area contributed by atoms with Crippen molar-refractivity contribution in [3.63, 3.8) is 0 Å². The number of carbonyl (C=O) groups is 2. The van der Waals surface area contributed by atoms with Crippen LogP contribution >= 0.6 is 0 Å². The van der Waals surface area contributed by atoms with Gasteiger partial charge in [0.1, 0.15) is 0 Å². The van der Waals surface area contributed by atoms with Gasteiger partial charge in [-0.3, -0.25) is 9.59 Å². The summed E-state index contributed by atoms with van der Waals surface area (Å²) >= 11 is 0. The summed E-state index contributed by atoms with van der Waals surface area (Å²) < 4.78 is 0. The van der Waals surface area contributed by atoms with E-state index in [9.17, 15) is 9.59 Å². The van der Waals surface area contributed by atoms with Gasteiger partial charge in [-0.05, 0) is 6.42 Å². The van der Waals surface area contributed by atoms with Crippen LogP contribution in [0.1, 0.15) is 39.0 Å². The zero-order valence-electron chi connectivity index (χ0n) is 9.81. The summed E-state index contributed by atoms with van der Waals surface area (Å²) in [6.07, 6.45) is 3.23. The molecular formula is C11H21NO4. The molecule has 5 heteroatoms. The van der Waals surface area contributed by atoms with Crippen molar-refractivity contribution >= 4 is 11.9 Å². The molecule has 0 saturated heterocycles. The SMILES string of the molecule is CCCCCC(=O)N(CCO)CCC(=O)O. The molecule has 0 aromatic rings. The van der Waals surface area contributed by atoms with Crippen LogP contribution < -0.4 is 0 Å². The molecule has 0 unspecified atom stereocenters. The number of aliphatic carboxylic acids is 1. The van der Waals surface area contributed by atoms with E-state index in [1.165, 1.54) is 4.90 Å². The minimum absolute atomic E-state index is 0.0660. The number of amides is 1. The second-order valence-electron chi connectivity index (χ2n) is 3.71. The fraction of sp³-hybridized carbons (Fsp3) is 0.818. The largest absolute Gasteiger partial charge is 0.481 e. The highest BCUT2D eigenvalue weighted by atomic mass is 16.4. The molecule has 0 aromatic heterocycles. The Morgan fingerprint density at radius 2 is 1.81 bits per heavy atom. The molecule has 0 bridgehead atoms. The van der Waals surface area contributed by atoms with E-state index in [4.69, 9.17) is 10.2 Å². The van der Waals surface area contributed by atoms with Crippen molar-refractivity contribution in [1.29, 1.82) is 0 Å². The first-order valence-electron chi connectivity index (χ1n) is 5.72. The van der Waals surface area contributed by atoms with Crippen LogP contribution in [0.15, 0.2) is 0 Å². The second-order valence-corrected chi connectivity index (χ2v) is 3.71.